The minimum atomic E-state index is -0.593. The summed E-state index contributed by atoms with van der Waals surface area (Å²) >= 11 is 0. The summed E-state index contributed by atoms with van der Waals surface area (Å²) in [6.07, 6.45) is 1.22. The number of hydrogen-bond donors (Lipinski definition) is 2. The number of ether oxygens (including phenoxy) is 1. The largest absolute Gasteiger partial charge is 0.381 e. The van der Waals surface area contributed by atoms with E-state index in [0.29, 0.717) is 39.1 Å². The Bertz CT molecular complexity index is 608. The molecule has 0 bridgehead atoms. The number of nitrogens with one attached hydrogen (secondary N) is 1. The van der Waals surface area contributed by atoms with Crippen LogP contribution in [0, 0.1) is 5.41 Å². The van der Waals surface area contributed by atoms with Gasteiger partial charge in [-0.05, 0) is 25.0 Å². The molecule has 2 aliphatic rings. The minimum absolute atomic E-state index is 0.0345. The number of carbonyl (C=O) groups is 2. The Balaban J connectivity index is 1.46. The molecule has 1 aromatic rings. The van der Waals surface area contributed by atoms with Crippen LogP contribution in [0.5, 0.6) is 0 Å². The molecule has 3 rings (SSSR count). The molecule has 0 saturated carbocycles. The van der Waals surface area contributed by atoms with E-state index in [4.69, 9.17) is 10.5 Å². The lowest BCUT2D eigenvalue weighted by atomic mass is 9.79. The van der Waals surface area contributed by atoms with Gasteiger partial charge in [-0.3, -0.25) is 9.59 Å². The lowest BCUT2D eigenvalue weighted by molar-refractivity contribution is -0.139. The second kappa shape index (κ2) is 8.51. The van der Waals surface area contributed by atoms with E-state index in [-0.39, 0.29) is 24.9 Å². The van der Waals surface area contributed by atoms with Gasteiger partial charge in [-0.1, -0.05) is 18.2 Å². The first-order valence-electron chi connectivity index (χ1n) is 9.28. The molecule has 0 aliphatic carbocycles. The Morgan fingerprint density at radius 3 is 2.35 bits per heavy atom. The van der Waals surface area contributed by atoms with Crippen LogP contribution in [-0.4, -0.2) is 69.2 Å². The zero-order valence-corrected chi connectivity index (χ0v) is 15.2. The fraction of sp³-hybridized carbons (Fsp3) is 0.579. The average molecular weight is 360 g/mol. The molecule has 0 atom stereocenters. The van der Waals surface area contributed by atoms with Gasteiger partial charge in [-0.25, -0.2) is 0 Å². The third kappa shape index (κ3) is 4.16. The van der Waals surface area contributed by atoms with Crippen molar-refractivity contribution in [3.63, 3.8) is 0 Å². The standard InChI is InChI=1S/C19H28N4O3/c20-15-19(6-12-26-13-7-19)18(25)21-14-17(24)23-10-8-22(9-11-23)16-4-2-1-3-5-16/h1-5H,6-15,20H2,(H,21,25). The lowest BCUT2D eigenvalue weighted by Crippen LogP contribution is -2.54. The molecule has 0 unspecified atom stereocenters. The van der Waals surface area contributed by atoms with Crippen LogP contribution in [0.25, 0.3) is 0 Å². The van der Waals surface area contributed by atoms with Crippen molar-refractivity contribution < 1.29 is 14.3 Å². The Kier molecular flexibility index (Phi) is 6.11. The van der Waals surface area contributed by atoms with Gasteiger partial charge in [-0.15, -0.1) is 0 Å². The van der Waals surface area contributed by atoms with Crippen LogP contribution in [0.3, 0.4) is 0 Å². The molecule has 2 amide bonds. The number of nitrogens with zero attached hydrogens (tertiary/aromatic N) is 2. The van der Waals surface area contributed by atoms with Gasteiger partial charge in [-0.2, -0.15) is 0 Å². The van der Waals surface area contributed by atoms with Gasteiger partial charge < -0.3 is 25.6 Å². The highest BCUT2D eigenvalue weighted by Gasteiger charge is 2.39. The number of carbonyl (C=O) groups excluding carboxylic acids is 2. The van der Waals surface area contributed by atoms with Gasteiger partial charge in [0.15, 0.2) is 0 Å². The summed E-state index contributed by atoms with van der Waals surface area (Å²) in [6.45, 7) is 4.33. The Hall–Kier alpha value is -2.12. The van der Waals surface area contributed by atoms with Crippen LogP contribution in [0.1, 0.15) is 12.8 Å². The zero-order valence-electron chi connectivity index (χ0n) is 15.2. The summed E-state index contributed by atoms with van der Waals surface area (Å²) in [7, 11) is 0. The molecule has 2 saturated heterocycles. The van der Waals surface area contributed by atoms with Gasteiger partial charge in [0.2, 0.25) is 11.8 Å². The van der Waals surface area contributed by atoms with Crippen molar-refractivity contribution in [2.75, 3.05) is 57.4 Å². The monoisotopic (exact) mass is 360 g/mol. The second-order valence-electron chi connectivity index (χ2n) is 6.98. The third-order valence-corrected chi connectivity index (χ3v) is 5.48. The van der Waals surface area contributed by atoms with Crippen molar-refractivity contribution in [3.05, 3.63) is 30.3 Å². The highest BCUT2D eigenvalue weighted by molar-refractivity contribution is 5.88. The summed E-state index contributed by atoms with van der Waals surface area (Å²) in [5.41, 5.74) is 6.43. The molecular formula is C19H28N4O3. The molecule has 0 spiro atoms. The maximum Gasteiger partial charge on any atom is 0.242 e. The smallest absolute Gasteiger partial charge is 0.242 e. The molecule has 2 heterocycles. The number of nitrogens with two attached hydrogens (primary N) is 1. The molecule has 3 N–H and O–H groups in total. The summed E-state index contributed by atoms with van der Waals surface area (Å²) in [5.74, 6) is -0.162. The summed E-state index contributed by atoms with van der Waals surface area (Å²) < 4.78 is 5.33. The molecule has 1 aromatic carbocycles. The van der Waals surface area contributed by atoms with E-state index in [0.717, 1.165) is 13.1 Å². The normalized spacial score (nSPS) is 19.9. The predicted octanol–water partition coefficient (Wildman–Crippen LogP) is 0.207. The lowest BCUT2D eigenvalue weighted by Gasteiger charge is -2.37. The number of para-hydroxylation sites is 1. The van der Waals surface area contributed by atoms with Gasteiger partial charge >= 0.3 is 0 Å². The average Bonchev–Trinajstić information content (AvgIpc) is 2.73. The number of amides is 2. The minimum Gasteiger partial charge on any atom is -0.381 e. The Morgan fingerprint density at radius 1 is 1.08 bits per heavy atom. The van der Waals surface area contributed by atoms with E-state index < -0.39 is 5.41 Å². The van der Waals surface area contributed by atoms with E-state index in [1.54, 1.807) is 0 Å². The van der Waals surface area contributed by atoms with Crippen molar-refractivity contribution >= 4 is 17.5 Å². The van der Waals surface area contributed by atoms with Crippen LogP contribution < -0.4 is 16.0 Å². The highest BCUT2D eigenvalue weighted by atomic mass is 16.5. The molecule has 7 heteroatoms. The van der Waals surface area contributed by atoms with Crippen molar-refractivity contribution in [2.45, 2.75) is 12.8 Å². The maximum atomic E-state index is 12.5. The fourth-order valence-electron chi connectivity index (χ4n) is 3.59. The molecule has 0 aromatic heterocycles. The number of rotatable bonds is 5. The SMILES string of the molecule is NCC1(C(=O)NCC(=O)N2CCN(c3ccccc3)CC2)CCOCC1. The fourth-order valence-corrected chi connectivity index (χ4v) is 3.59. The molecule has 7 nitrogen and oxygen atoms in total. The van der Waals surface area contributed by atoms with Gasteiger partial charge in [0.1, 0.15) is 0 Å². The Morgan fingerprint density at radius 2 is 1.73 bits per heavy atom. The van der Waals surface area contributed by atoms with E-state index in [9.17, 15) is 9.59 Å². The van der Waals surface area contributed by atoms with E-state index in [1.165, 1.54) is 5.69 Å². The number of anilines is 1. The van der Waals surface area contributed by atoms with Crippen molar-refractivity contribution in [2.24, 2.45) is 11.1 Å². The molecular weight excluding hydrogens is 332 g/mol. The van der Waals surface area contributed by atoms with Crippen LogP contribution in [0.4, 0.5) is 5.69 Å². The van der Waals surface area contributed by atoms with Crippen molar-refractivity contribution in [1.82, 2.24) is 10.2 Å². The molecule has 142 valence electrons. The van der Waals surface area contributed by atoms with Crippen molar-refractivity contribution in [3.8, 4) is 0 Å². The van der Waals surface area contributed by atoms with E-state index >= 15 is 0 Å². The number of benzene rings is 1. The van der Waals surface area contributed by atoms with Crippen LogP contribution in [-0.2, 0) is 14.3 Å². The summed E-state index contributed by atoms with van der Waals surface area (Å²) in [6, 6.07) is 10.2. The number of hydrogen-bond acceptors (Lipinski definition) is 5. The maximum absolute atomic E-state index is 12.5. The first-order chi connectivity index (χ1) is 12.6. The summed E-state index contributed by atoms with van der Waals surface area (Å²) in [4.78, 5) is 29.1. The van der Waals surface area contributed by atoms with E-state index in [1.807, 2.05) is 23.1 Å². The molecule has 26 heavy (non-hydrogen) atoms. The van der Waals surface area contributed by atoms with Crippen molar-refractivity contribution in [1.29, 1.82) is 0 Å². The summed E-state index contributed by atoms with van der Waals surface area (Å²) in [5, 5.41) is 2.80. The zero-order chi connectivity index (χ0) is 18.4. The molecule has 0 radical (unpaired) electrons. The first-order valence-corrected chi connectivity index (χ1v) is 9.28. The predicted molar refractivity (Wildman–Crippen MR) is 99.8 cm³/mol. The highest BCUT2D eigenvalue weighted by Crippen LogP contribution is 2.29. The second-order valence-corrected chi connectivity index (χ2v) is 6.98. The van der Waals surface area contributed by atoms with E-state index in [2.05, 4.69) is 22.3 Å². The Labute approximate surface area is 154 Å². The van der Waals surface area contributed by atoms with Crippen LogP contribution in [0.2, 0.25) is 0 Å². The first kappa shape index (κ1) is 18.7. The van der Waals surface area contributed by atoms with Crippen LogP contribution in [0.15, 0.2) is 30.3 Å². The molecule has 2 aliphatic heterocycles. The topological polar surface area (TPSA) is 87.9 Å². The molecule has 2 fully saturated rings. The number of piperazine rings is 1. The third-order valence-electron chi connectivity index (χ3n) is 5.48. The van der Waals surface area contributed by atoms with Crippen LogP contribution >= 0.6 is 0 Å². The van der Waals surface area contributed by atoms with Gasteiger partial charge in [0.05, 0.1) is 12.0 Å². The van der Waals surface area contributed by atoms with Gasteiger partial charge in [0.25, 0.3) is 0 Å². The quantitative estimate of drug-likeness (QED) is 0.784. The van der Waals surface area contributed by atoms with Gasteiger partial charge in [0, 0.05) is 51.6 Å².